The Balaban J connectivity index is 1.40. The van der Waals surface area contributed by atoms with E-state index in [0.29, 0.717) is 17.8 Å². The van der Waals surface area contributed by atoms with Crippen molar-refractivity contribution in [2.45, 2.75) is 18.5 Å². The number of piperidine rings is 1. The van der Waals surface area contributed by atoms with Gasteiger partial charge >= 0.3 is 0 Å². The molecule has 0 spiro atoms. The number of carbonyl (C=O) groups excluding carboxylic acids is 1. The van der Waals surface area contributed by atoms with Gasteiger partial charge in [-0.1, -0.05) is 6.07 Å². The normalized spacial score (nSPS) is 25.4. The predicted molar refractivity (Wildman–Crippen MR) is 95.5 cm³/mol. The van der Waals surface area contributed by atoms with Crippen LogP contribution in [0.2, 0.25) is 0 Å². The summed E-state index contributed by atoms with van der Waals surface area (Å²) in [7, 11) is 1.79. The van der Waals surface area contributed by atoms with Crippen molar-refractivity contribution in [1.29, 1.82) is 0 Å². The van der Waals surface area contributed by atoms with Crippen LogP contribution in [0.15, 0.2) is 30.6 Å². The zero-order valence-corrected chi connectivity index (χ0v) is 15.0. The summed E-state index contributed by atoms with van der Waals surface area (Å²) in [6.07, 6.45) is 4.22. The zero-order valence-electron chi connectivity index (χ0n) is 15.0. The molecule has 1 amide bonds. The third-order valence-corrected chi connectivity index (χ3v) is 5.25. The van der Waals surface area contributed by atoms with Gasteiger partial charge in [-0.2, -0.15) is 5.10 Å². The SMILES string of the molecule is Cn1cc(NC(=O)CN2CCC3NNC(c4ccc(F)c(F)c4)C3C2)cn1. The van der Waals surface area contributed by atoms with Crippen LogP contribution in [0.25, 0.3) is 0 Å². The van der Waals surface area contributed by atoms with E-state index >= 15 is 0 Å². The number of aryl methyl sites for hydroxylation is 1. The van der Waals surface area contributed by atoms with Crippen molar-refractivity contribution >= 4 is 11.6 Å². The van der Waals surface area contributed by atoms with Crippen LogP contribution in [0.5, 0.6) is 0 Å². The molecule has 9 heteroatoms. The number of nitrogens with zero attached hydrogens (tertiary/aromatic N) is 3. The van der Waals surface area contributed by atoms with E-state index in [2.05, 4.69) is 26.2 Å². The molecule has 3 atom stereocenters. The highest BCUT2D eigenvalue weighted by Gasteiger charge is 2.40. The number of rotatable bonds is 4. The lowest BCUT2D eigenvalue weighted by Crippen LogP contribution is -2.47. The van der Waals surface area contributed by atoms with Crippen LogP contribution in [0, 0.1) is 17.6 Å². The monoisotopic (exact) mass is 376 g/mol. The Hall–Kier alpha value is -2.36. The van der Waals surface area contributed by atoms with Crippen LogP contribution < -0.4 is 16.2 Å². The van der Waals surface area contributed by atoms with Crippen LogP contribution >= 0.6 is 0 Å². The van der Waals surface area contributed by atoms with E-state index in [1.165, 1.54) is 6.07 Å². The minimum absolute atomic E-state index is 0.0928. The van der Waals surface area contributed by atoms with E-state index in [0.717, 1.165) is 19.0 Å². The average Bonchev–Trinajstić information content (AvgIpc) is 3.23. The number of likely N-dealkylation sites (tertiary alicyclic amines) is 1. The Kier molecular flexibility index (Phi) is 4.90. The quantitative estimate of drug-likeness (QED) is 0.747. The van der Waals surface area contributed by atoms with Gasteiger partial charge in [-0.3, -0.25) is 19.8 Å². The lowest BCUT2D eigenvalue weighted by Gasteiger charge is -2.35. The molecule has 2 fully saturated rings. The first-order chi connectivity index (χ1) is 13.0. The number of halogens is 2. The Labute approximate surface area is 155 Å². The molecule has 2 aliphatic heterocycles. The summed E-state index contributed by atoms with van der Waals surface area (Å²) < 4.78 is 28.5. The second-order valence-corrected chi connectivity index (χ2v) is 7.18. The summed E-state index contributed by atoms with van der Waals surface area (Å²) in [6.45, 7) is 1.76. The van der Waals surface area contributed by atoms with Gasteiger partial charge in [-0.15, -0.1) is 0 Å². The van der Waals surface area contributed by atoms with E-state index in [1.54, 1.807) is 30.2 Å². The van der Waals surface area contributed by atoms with Crippen molar-refractivity contribution in [3.8, 4) is 0 Å². The first kappa shape index (κ1) is 18.0. The molecule has 3 unspecified atom stereocenters. The Morgan fingerprint density at radius 2 is 2.19 bits per heavy atom. The number of aromatic nitrogens is 2. The van der Waals surface area contributed by atoms with Gasteiger partial charge in [0.1, 0.15) is 0 Å². The first-order valence-corrected chi connectivity index (χ1v) is 8.96. The minimum atomic E-state index is -0.849. The maximum Gasteiger partial charge on any atom is 0.238 e. The van der Waals surface area contributed by atoms with Crippen molar-refractivity contribution in [3.63, 3.8) is 0 Å². The maximum absolute atomic E-state index is 13.6. The summed E-state index contributed by atoms with van der Waals surface area (Å²) in [5, 5.41) is 6.87. The lowest BCUT2D eigenvalue weighted by atomic mass is 9.85. The van der Waals surface area contributed by atoms with Crippen molar-refractivity contribution in [2.24, 2.45) is 13.0 Å². The molecule has 2 saturated heterocycles. The molecular weight excluding hydrogens is 354 g/mol. The lowest BCUT2D eigenvalue weighted by molar-refractivity contribution is -0.117. The van der Waals surface area contributed by atoms with E-state index in [1.807, 2.05) is 0 Å². The molecule has 0 saturated carbocycles. The van der Waals surface area contributed by atoms with Gasteiger partial charge in [0.05, 0.1) is 24.5 Å². The second-order valence-electron chi connectivity index (χ2n) is 7.18. The predicted octanol–water partition coefficient (Wildman–Crippen LogP) is 1.18. The highest BCUT2D eigenvalue weighted by atomic mass is 19.2. The smallest absolute Gasteiger partial charge is 0.238 e. The topological polar surface area (TPSA) is 74.2 Å². The van der Waals surface area contributed by atoms with Gasteiger partial charge in [-0.05, 0) is 24.1 Å². The molecule has 7 nitrogen and oxygen atoms in total. The van der Waals surface area contributed by atoms with E-state index in [9.17, 15) is 13.6 Å². The molecule has 0 aliphatic carbocycles. The van der Waals surface area contributed by atoms with Crippen LogP contribution in [0.3, 0.4) is 0 Å². The number of fused-ring (bicyclic) bond motifs is 1. The second kappa shape index (κ2) is 7.34. The molecule has 3 N–H and O–H groups in total. The number of hydrazine groups is 1. The van der Waals surface area contributed by atoms with Crippen molar-refractivity contribution < 1.29 is 13.6 Å². The molecule has 3 heterocycles. The molecule has 2 aliphatic rings. The number of hydrogen-bond acceptors (Lipinski definition) is 5. The molecule has 1 aromatic heterocycles. The van der Waals surface area contributed by atoms with Crippen molar-refractivity contribution in [2.75, 3.05) is 25.0 Å². The summed E-state index contributed by atoms with van der Waals surface area (Å²) >= 11 is 0. The minimum Gasteiger partial charge on any atom is -0.322 e. The molecule has 2 aromatic rings. The van der Waals surface area contributed by atoms with Crippen LogP contribution in [-0.4, -0.2) is 46.3 Å². The third-order valence-electron chi connectivity index (χ3n) is 5.25. The highest BCUT2D eigenvalue weighted by Crippen LogP contribution is 2.34. The molecule has 4 rings (SSSR count). The standard InChI is InChI=1S/C18H22F2N6O/c1-25-8-12(7-21-25)22-17(27)10-26-5-4-16-13(9-26)18(24-23-16)11-2-3-14(19)15(20)6-11/h2-3,6-8,13,16,18,23-24H,4-5,9-10H2,1H3,(H,22,27). The molecule has 27 heavy (non-hydrogen) atoms. The first-order valence-electron chi connectivity index (χ1n) is 8.96. The number of hydrogen-bond donors (Lipinski definition) is 3. The summed E-state index contributed by atoms with van der Waals surface area (Å²) in [5.74, 6) is -1.63. The molecule has 0 radical (unpaired) electrons. The fraction of sp³-hybridized carbons (Fsp3) is 0.444. The van der Waals surface area contributed by atoms with E-state index in [-0.39, 0.29) is 30.5 Å². The number of nitrogens with one attached hydrogen (secondary N) is 3. The fourth-order valence-corrected chi connectivity index (χ4v) is 3.94. The number of carbonyl (C=O) groups is 1. The van der Waals surface area contributed by atoms with Crippen LogP contribution in [-0.2, 0) is 11.8 Å². The Morgan fingerprint density at radius 3 is 2.93 bits per heavy atom. The van der Waals surface area contributed by atoms with E-state index in [4.69, 9.17) is 0 Å². The molecule has 1 aromatic carbocycles. The summed E-state index contributed by atoms with van der Waals surface area (Å²) in [4.78, 5) is 14.4. The largest absolute Gasteiger partial charge is 0.322 e. The third kappa shape index (κ3) is 3.85. The van der Waals surface area contributed by atoms with Gasteiger partial charge < -0.3 is 5.32 Å². The fourth-order valence-electron chi connectivity index (χ4n) is 3.94. The van der Waals surface area contributed by atoms with E-state index < -0.39 is 11.6 Å². The van der Waals surface area contributed by atoms with Gasteiger partial charge in [-0.25, -0.2) is 14.2 Å². The van der Waals surface area contributed by atoms with Gasteiger partial charge in [0.15, 0.2) is 11.6 Å². The van der Waals surface area contributed by atoms with Crippen LogP contribution in [0.1, 0.15) is 18.0 Å². The Bertz CT molecular complexity index is 841. The van der Waals surface area contributed by atoms with Gasteiger partial charge in [0.25, 0.3) is 0 Å². The van der Waals surface area contributed by atoms with Crippen molar-refractivity contribution in [1.82, 2.24) is 25.5 Å². The van der Waals surface area contributed by atoms with Gasteiger partial charge in [0.2, 0.25) is 5.91 Å². The molecule has 0 bridgehead atoms. The number of anilines is 1. The van der Waals surface area contributed by atoms with Gasteiger partial charge in [0, 0.05) is 38.3 Å². The summed E-state index contributed by atoms with van der Waals surface area (Å²) in [5.41, 5.74) is 7.83. The average molecular weight is 376 g/mol. The van der Waals surface area contributed by atoms with Crippen LogP contribution in [0.4, 0.5) is 14.5 Å². The Morgan fingerprint density at radius 1 is 1.33 bits per heavy atom. The maximum atomic E-state index is 13.6. The molecule has 144 valence electrons. The number of benzene rings is 1. The van der Waals surface area contributed by atoms with Crippen molar-refractivity contribution in [3.05, 3.63) is 47.8 Å². The highest BCUT2D eigenvalue weighted by molar-refractivity contribution is 5.91. The molecular formula is C18H22F2N6O. The number of amides is 1. The zero-order chi connectivity index (χ0) is 19.0. The summed E-state index contributed by atoms with van der Waals surface area (Å²) in [6, 6.07) is 4.11.